The van der Waals surface area contributed by atoms with Crippen LogP contribution in [0.5, 0.6) is 0 Å². The molecule has 5 nitrogen and oxygen atoms in total. The molecule has 0 unspecified atom stereocenters. The van der Waals surface area contributed by atoms with Crippen molar-refractivity contribution in [2.24, 2.45) is 0 Å². The fourth-order valence-electron chi connectivity index (χ4n) is 3.63. The van der Waals surface area contributed by atoms with E-state index in [4.69, 9.17) is 16.6 Å². The lowest BCUT2D eigenvalue weighted by molar-refractivity contribution is 0.102. The number of rotatable bonds is 3. The number of carbonyl (C=O) groups excluding carboxylic acids is 1. The summed E-state index contributed by atoms with van der Waals surface area (Å²) in [5, 5.41) is 4.92. The maximum Gasteiger partial charge on any atom is 0.258 e. The molecule has 3 aromatic heterocycles. The van der Waals surface area contributed by atoms with Crippen molar-refractivity contribution in [1.82, 2.24) is 15.0 Å². The molecule has 0 saturated heterocycles. The second-order valence-electron chi connectivity index (χ2n) is 7.00. The van der Waals surface area contributed by atoms with Crippen molar-refractivity contribution in [2.75, 3.05) is 5.32 Å². The second-order valence-corrected chi connectivity index (χ2v) is 8.52. The van der Waals surface area contributed by atoms with E-state index in [9.17, 15) is 4.79 Å². The van der Waals surface area contributed by atoms with Gasteiger partial charge >= 0.3 is 0 Å². The zero-order valence-corrected chi connectivity index (χ0v) is 17.1. The van der Waals surface area contributed by atoms with Crippen LogP contribution in [0.1, 0.15) is 33.8 Å². The van der Waals surface area contributed by atoms with Gasteiger partial charge in [-0.3, -0.25) is 15.1 Å². The second kappa shape index (κ2) is 7.54. The maximum atomic E-state index is 13.2. The minimum atomic E-state index is -0.207. The number of carbonyl (C=O) groups is 1. The molecule has 5 rings (SSSR count). The van der Waals surface area contributed by atoms with Crippen LogP contribution in [0.2, 0.25) is 5.02 Å². The topological polar surface area (TPSA) is 67.8 Å². The van der Waals surface area contributed by atoms with Crippen LogP contribution in [-0.4, -0.2) is 20.9 Å². The van der Waals surface area contributed by atoms with Crippen LogP contribution < -0.4 is 5.32 Å². The number of pyridine rings is 2. The Labute approximate surface area is 176 Å². The van der Waals surface area contributed by atoms with Crippen LogP contribution in [0.25, 0.3) is 22.2 Å². The summed E-state index contributed by atoms with van der Waals surface area (Å²) in [5.41, 5.74) is 3.97. The molecule has 0 saturated carbocycles. The van der Waals surface area contributed by atoms with Gasteiger partial charge in [0.1, 0.15) is 0 Å². The van der Waals surface area contributed by atoms with Gasteiger partial charge < -0.3 is 0 Å². The first-order valence-electron chi connectivity index (χ1n) is 9.48. The number of hydrogen-bond donors (Lipinski definition) is 1. The lowest BCUT2D eigenvalue weighted by atomic mass is 10.0. The summed E-state index contributed by atoms with van der Waals surface area (Å²) in [6, 6.07) is 10.9. The third-order valence-corrected chi connectivity index (χ3v) is 6.37. The van der Waals surface area contributed by atoms with Gasteiger partial charge in [0.25, 0.3) is 5.91 Å². The molecular formula is C22H17ClN4OS. The van der Waals surface area contributed by atoms with E-state index < -0.39 is 0 Å². The molecule has 1 amide bonds. The third-order valence-electron chi connectivity index (χ3n) is 5.06. The summed E-state index contributed by atoms with van der Waals surface area (Å²) >= 11 is 7.78. The molecule has 1 N–H and O–H groups in total. The number of hydrogen-bond acceptors (Lipinski definition) is 5. The van der Waals surface area contributed by atoms with Crippen LogP contribution in [0.15, 0.2) is 48.8 Å². The van der Waals surface area contributed by atoms with Gasteiger partial charge in [-0.15, -0.1) is 11.3 Å². The SMILES string of the molecule is O=C(Nc1nc2c(s1)CCCC2)c1cc(-c2ccncc2)nc2ccc(Cl)cc12. The molecule has 29 heavy (non-hydrogen) atoms. The highest BCUT2D eigenvalue weighted by Gasteiger charge is 2.19. The number of nitrogens with zero attached hydrogens (tertiary/aromatic N) is 3. The number of fused-ring (bicyclic) bond motifs is 2. The van der Waals surface area contributed by atoms with Gasteiger partial charge in [-0.2, -0.15) is 0 Å². The highest BCUT2D eigenvalue weighted by Crippen LogP contribution is 2.31. The first-order valence-corrected chi connectivity index (χ1v) is 10.7. The van der Waals surface area contributed by atoms with Crippen LogP contribution in [0, 0.1) is 0 Å². The van der Waals surface area contributed by atoms with Gasteiger partial charge in [-0.1, -0.05) is 11.6 Å². The van der Waals surface area contributed by atoms with Gasteiger partial charge in [-0.25, -0.2) is 9.97 Å². The minimum Gasteiger partial charge on any atom is -0.298 e. The molecule has 7 heteroatoms. The molecule has 1 aliphatic rings. The Hall–Kier alpha value is -2.83. The average Bonchev–Trinajstić information content (AvgIpc) is 3.16. The average molecular weight is 421 g/mol. The van der Waals surface area contributed by atoms with Crippen molar-refractivity contribution < 1.29 is 4.79 Å². The standard InChI is InChI=1S/C22H17ClN4OS/c23-14-5-6-17-15(11-14)16(12-19(25-17)13-7-9-24-10-8-13)21(28)27-22-26-18-3-1-2-4-20(18)29-22/h5-12H,1-4H2,(H,26,27,28). The summed E-state index contributed by atoms with van der Waals surface area (Å²) in [7, 11) is 0. The Bertz CT molecular complexity index is 1200. The van der Waals surface area contributed by atoms with Gasteiger partial charge in [0.2, 0.25) is 0 Å². The minimum absolute atomic E-state index is 0.207. The first-order chi connectivity index (χ1) is 14.2. The molecule has 4 aromatic rings. The molecular weight excluding hydrogens is 404 g/mol. The zero-order valence-electron chi connectivity index (χ0n) is 15.5. The zero-order chi connectivity index (χ0) is 19.8. The van der Waals surface area contributed by atoms with Crippen molar-refractivity contribution in [3.8, 4) is 11.3 Å². The van der Waals surface area contributed by atoms with E-state index in [1.165, 1.54) is 11.3 Å². The van der Waals surface area contributed by atoms with Gasteiger partial charge in [-0.05, 0) is 62.1 Å². The van der Waals surface area contributed by atoms with E-state index in [1.54, 1.807) is 41.9 Å². The molecule has 1 aliphatic carbocycles. The van der Waals surface area contributed by atoms with Crippen LogP contribution in [-0.2, 0) is 12.8 Å². The van der Waals surface area contributed by atoms with Crippen molar-refractivity contribution in [1.29, 1.82) is 0 Å². The van der Waals surface area contributed by atoms with E-state index in [0.717, 1.165) is 30.5 Å². The molecule has 0 aliphatic heterocycles. The smallest absolute Gasteiger partial charge is 0.258 e. The Morgan fingerprint density at radius 3 is 2.69 bits per heavy atom. The predicted molar refractivity (Wildman–Crippen MR) is 117 cm³/mol. The van der Waals surface area contributed by atoms with Crippen molar-refractivity contribution in [3.05, 3.63) is 69.9 Å². The van der Waals surface area contributed by atoms with Gasteiger partial charge in [0, 0.05) is 33.2 Å². The van der Waals surface area contributed by atoms with Crippen molar-refractivity contribution >= 4 is 44.9 Å². The van der Waals surface area contributed by atoms with E-state index in [0.29, 0.717) is 32.3 Å². The summed E-state index contributed by atoms with van der Waals surface area (Å²) in [4.78, 5) is 27.9. The Kier molecular flexibility index (Phi) is 4.73. The van der Waals surface area contributed by atoms with Gasteiger partial charge in [0.05, 0.1) is 22.5 Å². The number of anilines is 1. The lowest BCUT2D eigenvalue weighted by Gasteiger charge is -2.10. The molecule has 1 aromatic carbocycles. The number of aryl methyl sites for hydroxylation is 2. The highest BCUT2D eigenvalue weighted by molar-refractivity contribution is 7.15. The monoisotopic (exact) mass is 420 g/mol. The number of aromatic nitrogens is 3. The largest absolute Gasteiger partial charge is 0.298 e. The number of halogens is 1. The molecule has 3 heterocycles. The quantitative estimate of drug-likeness (QED) is 0.472. The fourth-order valence-corrected chi connectivity index (χ4v) is 4.84. The van der Waals surface area contributed by atoms with Gasteiger partial charge in [0.15, 0.2) is 5.13 Å². The van der Waals surface area contributed by atoms with E-state index in [1.807, 2.05) is 18.2 Å². The molecule has 0 radical (unpaired) electrons. The fraction of sp³-hybridized carbons (Fsp3) is 0.182. The summed E-state index contributed by atoms with van der Waals surface area (Å²) in [6.07, 6.45) is 7.80. The molecule has 0 atom stereocenters. The highest BCUT2D eigenvalue weighted by atomic mass is 35.5. The number of amides is 1. The summed E-state index contributed by atoms with van der Waals surface area (Å²) < 4.78 is 0. The predicted octanol–water partition coefficient (Wildman–Crippen LogP) is 5.54. The first kappa shape index (κ1) is 18.2. The summed E-state index contributed by atoms with van der Waals surface area (Å²) in [6.45, 7) is 0. The number of nitrogens with one attached hydrogen (secondary N) is 1. The summed E-state index contributed by atoms with van der Waals surface area (Å²) in [5.74, 6) is -0.207. The number of benzene rings is 1. The molecule has 0 spiro atoms. The Morgan fingerprint density at radius 1 is 1.03 bits per heavy atom. The lowest BCUT2D eigenvalue weighted by Crippen LogP contribution is -2.13. The van der Waals surface area contributed by atoms with E-state index in [-0.39, 0.29) is 5.91 Å². The number of thiazole rings is 1. The third kappa shape index (κ3) is 3.61. The normalized spacial score (nSPS) is 13.3. The van der Waals surface area contributed by atoms with E-state index in [2.05, 4.69) is 15.3 Å². The Balaban J connectivity index is 1.57. The molecule has 0 fully saturated rings. The van der Waals surface area contributed by atoms with Crippen molar-refractivity contribution in [2.45, 2.75) is 25.7 Å². The van der Waals surface area contributed by atoms with Crippen LogP contribution in [0.3, 0.4) is 0 Å². The maximum absolute atomic E-state index is 13.2. The van der Waals surface area contributed by atoms with E-state index >= 15 is 0 Å². The molecule has 0 bridgehead atoms. The van der Waals surface area contributed by atoms with Crippen LogP contribution >= 0.6 is 22.9 Å². The molecule has 144 valence electrons. The Morgan fingerprint density at radius 2 is 1.86 bits per heavy atom. The van der Waals surface area contributed by atoms with Crippen molar-refractivity contribution in [3.63, 3.8) is 0 Å². The van der Waals surface area contributed by atoms with Crippen LogP contribution in [0.4, 0.5) is 5.13 Å².